The summed E-state index contributed by atoms with van der Waals surface area (Å²) in [5.74, 6) is -7.03. The monoisotopic (exact) mass is 376 g/mol. The second-order valence-electron chi connectivity index (χ2n) is 5.07. The Balaban J connectivity index is 2.45. The number of amides is 1. The largest absolute Gasteiger partial charge is 0.320 e. The molecule has 2 aromatic carbocycles. The van der Waals surface area contributed by atoms with E-state index >= 15 is 0 Å². The van der Waals surface area contributed by atoms with Crippen molar-refractivity contribution in [3.63, 3.8) is 0 Å². The van der Waals surface area contributed by atoms with Gasteiger partial charge in [0.2, 0.25) is 10.0 Å². The number of hydrogen-bond donors (Lipinski definition) is 1. The van der Waals surface area contributed by atoms with Crippen molar-refractivity contribution in [2.75, 3.05) is 22.9 Å². The summed E-state index contributed by atoms with van der Waals surface area (Å²) in [6.07, 6.45) is 0.886. The summed E-state index contributed by atoms with van der Waals surface area (Å²) in [6.45, 7) is 0. The van der Waals surface area contributed by atoms with Gasteiger partial charge in [0.05, 0.1) is 23.2 Å². The second kappa shape index (κ2) is 6.71. The molecule has 0 aliphatic carbocycles. The minimum absolute atomic E-state index is 0.0970. The molecule has 0 atom stereocenters. The zero-order valence-electron chi connectivity index (χ0n) is 13.0. The number of carbonyl (C=O) groups excluding carboxylic acids is 1. The molecule has 25 heavy (non-hydrogen) atoms. The first-order valence-electron chi connectivity index (χ1n) is 6.70. The number of rotatable bonds is 4. The lowest BCUT2D eigenvalue weighted by molar-refractivity contribution is 0.102. The Morgan fingerprint density at radius 2 is 1.68 bits per heavy atom. The van der Waals surface area contributed by atoms with Crippen LogP contribution in [0.3, 0.4) is 0 Å². The topological polar surface area (TPSA) is 66.5 Å². The van der Waals surface area contributed by atoms with Crippen LogP contribution in [0.2, 0.25) is 0 Å². The summed E-state index contributed by atoms with van der Waals surface area (Å²) >= 11 is 0. The summed E-state index contributed by atoms with van der Waals surface area (Å²) < 4.78 is 77.3. The van der Waals surface area contributed by atoms with Crippen LogP contribution in [0.5, 0.6) is 0 Å². The molecule has 134 valence electrons. The number of anilines is 2. The van der Waals surface area contributed by atoms with E-state index in [1.807, 2.05) is 0 Å². The predicted molar refractivity (Wildman–Crippen MR) is 83.9 cm³/mol. The zero-order valence-corrected chi connectivity index (χ0v) is 13.8. The molecule has 2 rings (SSSR count). The number of sulfonamides is 1. The average Bonchev–Trinajstić information content (AvgIpc) is 2.51. The molecule has 0 saturated heterocycles. The maximum atomic E-state index is 13.7. The van der Waals surface area contributed by atoms with Gasteiger partial charge in [-0.2, -0.15) is 0 Å². The number of nitrogens with one attached hydrogen (secondary N) is 1. The van der Waals surface area contributed by atoms with Crippen LogP contribution in [0.4, 0.5) is 28.9 Å². The Kier molecular flexibility index (Phi) is 5.02. The van der Waals surface area contributed by atoms with Crippen molar-refractivity contribution in [1.82, 2.24) is 0 Å². The zero-order chi connectivity index (χ0) is 18.9. The van der Waals surface area contributed by atoms with Gasteiger partial charge >= 0.3 is 0 Å². The summed E-state index contributed by atoms with van der Waals surface area (Å²) in [5.41, 5.74) is -1.21. The molecule has 0 fully saturated rings. The van der Waals surface area contributed by atoms with Gasteiger partial charge in [-0.3, -0.25) is 9.10 Å². The van der Waals surface area contributed by atoms with E-state index in [9.17, 15) is 30.8 Å². The Bertz CT molecular complexity index is 948. The van der Waals surface area contributed by atoms with E-state index in [4.69, 9.17) is 0 Å². The molecule has 0 saturated carbocycles. The van der Waals surface area contributed by atoms with E-state index in [0.717, 1.165) is 35.8 Å². The van der Waals surface area contributed by atoms with Crippen molar-refractivity contribution in [2.45, 2.75) is 0 Å². The molecule has 0 aromatic heterocycles. The first kappa shape index (κ1) is 18.7. The first-order valence-corrected chi connectivity index (χ1v) is 8.55. The Morgan fingerprint density at radius 3 is 2.28 bits per heavy atom. The molecule has 0 radical (unpaired) electrons. The maximum Gasteiger partial charge on any atom is 0.258 e. The van der Waals surface area contributed by atoms with Gasteiger partial charge in [0.1, 0.15) is 5.82 Å². The molecular weight excluding hydrogens is 364 g/mol. The highest BCUT2D eigenvalue weighted by Crippen LogP contribution is 2.28. The van der Waals surface area contributed by atoms with Crippen molar-refractivity contribution in [3.8, 4) is 0 Å². The van der Waals surface area contributed by atoms with E-state index in [1.165, 1.54) is 0 Å². The Hall–Kier alpha value is -2.62. The number of benzene rings is 2. The van der Waals surface area contributed by atoms with Gasteiger partial charge in [-0.1, -0.05) is 0 Å². The molecule has 10 heteroatoms. The fourth-order valence-electron chi connectivity index (χ4n) is 1.95. The van der Waals surface area contributed by atoms with Crippen LogP contribution in [0.25, 0.3) is 0 Å². The van der Waals surface area contributed by atoms with E-state index in [0.29, 0.717) is 12.1 Å². The lowest BCUT2D eigenvalue weighted by Crippen LogP contribution is -2.26. The van der Waals surface area contributed by atoms with Gasteiger partial charge in [0, 0.05) is 7.05 Å². The third-order valence-corrected chi connectivity index (χ3v) is 4.51. The Morgan fingerprint density at radius 1 is 1.04 bits per heavy atom. The van der Waals surface area contributed by atoms with Crippen LogP contribution in [0.1, 0.15) is 10.4 Å². The van der Waals surface area contributed by atoms with Crippen molar-refractivity contribution in [3.05, 3.63) is 59.2 Å². The highest BCUT2D eigenvalue weighted by Gasteiger charge is 2.22. The second-order valence-corrected chi connectivity index (χ2v) is 7.08. The summed E-state index contributed by atoms with van der Waals surface area (Å²) in [5, 5.41) is 2.09. The molecule has 0 spiro atoms. The molecule has 2 aromatic rings. The van der Waals surface area contributed by atoms with Gasteiger partial charge in [-0.15, -0.1) is 0 Å². The fraction of sp³-hybridized carbons (Fsp3) is 0.133. The van der Waals surface area contributed by atoms with E-state index in [1.54, 1.807) is 0 Å². The number of nitrogens with zero attached hydrogens (tertiary/aromatic N) is 1. The van der Waals surface area contributed by atoms with Crippen molar-refractivity contribution in [1.29, 1.82) is 0 Å². The highest BCUT2D eigenvalue weighted by atomic mass is 32.2. The van der Waals surface area contributed by atoms with Crippen LogP contribution in [-0.4, -0.2) is 27.6 Å². The number of hydrogen-bond acceptors (Lipinski definition) is 3. The van der Waals surface area contributed by atoms with Crippen LogP contribution in [0, 0.1) is 23.3 Å². The standard InChI is InChI=1S/C15H12F4N2O3S/c1-21(25(2,23)24)12-6-3-8(16)7-11(12)20-15(22)9-4-5-10(17)14(19)13(9)18/h3-7H,1-2H3,(H,20,22). The summed E-state index contributed by atoms with van der Waals surface area (Å²) in [6, 6.07) is 4.13. The third-order valence-electron chi connectivity index (χ3n) is 3.32. The molecule has 0 aliphatic rings. The van der Waals surface area contributed by atoms with Crippen LogP contribution >= 0.6 is 0 Å². The quantitative estimate of drug-likeness (QED) is 0.659. The van der Waals surface area contributed by atoms with E-state index < -0.39 is 44.8 Å². The molecule has 1 N–H and O–H groups in total. The third kappa shape index (κ3) is 3.90. The lowest BCUT2D eigenvalue weighted by atomic mass is 10.1. The van der Waals surface area contributed by atoms with E-state index in [2.05, 4.69) is 5.32 Å². The van der Waals surface area contributed by atoms with Gasteiger partial charge in [0.15, 0.2) is 17.5 Å². The number of halogens is 4. The highest BCUT2D eigenvalue weighted by molar-refractivity contribution is 7.92. The van der Waals surface area contributed by atoms with Gasteiger partial charge < -0.3 is 5.32 Å². The molecule has 0 aliphatic heterocycles. The maximum absolute atomic E-state index is 13.7. The normalized spacial score (nSPS) is 11.3. The summed E-state index contributed by atoms with van der Waals surface area (Å²) in [7, 11) is -2.57. The molecule has 0 unspecified atom stereocenters. The van der Waals surface area contributed by atoms with Crippen LogP contribution in [-0.2, 0) is 10.0 Å². The van der Waals surface area contributed by atoms with Crippen LogP contribution < -0.4 is 9.62 Å². The molecule has 0 heterocycles. The van der Waals surface area contributed by atoms with Crippen LogP contribution in [0.15, 0.2) is 30.3 Å². The van der Waals surface area contributed by atoms with E-state index in [-0.39, 0.29) is 11.4 Å². The first-order chi connectivity index (χ1) is 11.5. The lowest BCUT2D eigenvalue weighted by Gasteiger charge is -2.20. The fourth-order valence-corrected chi connectivity index (χ4v) is 2.47. The molecule has 0 bridgehead atoms. The SMILES string of the molecule is CN(c1ccc(F)cc1NC(=O)c1ccc(F)c(F)c1F)S(C)(=O)=O. The van der Waals surface area contributed by atoms with Gasteiger partial charge in [-0.25, -0.2) is 26.0 Å². The van der Waals surface area contributed by atoms with Gasteiger partial charge in [0.25, 0.3) is 5.91 Å². The molecular formula is C15H12F4N2O3S. The summed E-state index contributed by atoms with van der Waals surface area (Å²) in [4.78, 5) is 12.1. The minimum Gasteiger partial charge on any atom is -0.320 e. The van der Waals surface area contributed by atoms with Crippen molar-refractivity contribution in [2.24, 2.45) is 0 Å². The molecule has 1 amide bonds. The number of carbonyl (C=O) groups is 1. The Labute approximate surface area is 140 Å². The minimum atomic E-state index is -3.74. The predicted octanol–water partition coefficient (Wildman–Crippen LogP) is 2.89. The van der Waals surface area contributed by atoms with Crippen molar-refractivity contribution < 1.29 is 30.8 Å². The molecule has 5 nitrogen and oxygen atoms in total. The smallest absolute Gasteiger partial charge is 0.258 e. The van der Waals surface area contributed by atoms with Gasteiger partial charge in [-0.05, 0) is 30.3 Å². The average molecular weight is 376 g/mol. The van der Waals surface area contributed by atoms with Crippen molar-refractivity contribution >= 4 is 27.3 Å².